The van der Waals surface area contributed by atoms with Gasteiger partial charge in [0, 0.05) is 12.3 Å². The van der Waals surface area contributed by atoms with E-state index < -0.39 is 0 Å². The molecule has 3 heteroatoms. The van der Waals surface area contributed by atoms with Gasteiger partial charge in [-0.2, -0.15) is 5.10 Å². The van der Waals surface area contributed by atoms with E-state index in [1.807, 2.05) is 27.7 Å². The Bertz CT molecular complexity index is 178. The molecule has 0 fully saturated rings. The van der Waals surface area contributed by atoms with Crippen LogP contribution < -0.4 is 5.56 Å². The van der Waals surface area contributed by atoms with E-state index in [0.29, 0.717) is 0 Å². The summed E-state index contributed by atoms with van der Waals surface area (Å²) in [4.78, 5) is 10.2. The average Bonchev–Trinajstić information content (AvgIpc) is 2.13. The Labute approximate surface area is 67.5 Å². The molecular formula is C8H16N2O. The molecule has 1 aromatic heterocycles. The van der Waals surface area contributed by atoms with Crippen LogP contribution in [0.1, 0.15) is 27.7 Å². The number of aromatic nitrogens is 2. The van der Waals surface area contributed by atoms with Crippen molar-refractivity contribution in [2.45, 2.75) is 27.7 Å². The normalized spacial score (nSPS) is 6.55. The van der Waals surface area contributed by atoms with Crippen LogP contribution in [0.5, 0.6) is 0 Å². The van der Waals surface area contributed by atoms with Gasteiger partial charge in [-0.1, -0.05) is 27.7 Å². The molecule has 3 nitrogen and oxygen atoms in total. The van der Waals surface area contributed by atoms with E-state index in [-0.39, 0.29) is 5.56 Å². The van der Waals surface area contributed by atoms with Gasteiger partial charge in [0.25, 0.3) is 5.56 Å². The zero-order valence-corrected chi connectivity index (χ0v) is 7.59. The van der Waals surface area contributed by atoms with E-state index >= 15 is 0 Å². The maximum Gasteiger partial charge on any atom is 0.264 e. The molecule has 11 heavy (non-hydrogen) atoms. The summed E-state index contributed by atoms with van der Waals surface area (Å²) in [5.41, 5.74) is -0.164. The molecule has 1 aromatic rings. The van der Waals surface area contributed by atoms with Crippen molar-refractivity contribution in [3.8, 4) is 0 Å². The van der Waals surface area contributed by atoms with E-state index in [1.165, 1.54) is 12.3 Å². The molecule has 0 aliphatic rings. The van der Waals surface area contributed by atoms with Gasteiger partial charge in [0.15, 0.2) is 0 Å². The highest BCUT2D eigenvalue weighted by Crippen LogP contribution is 1.60. The van der Waals surface area contributed by atoms with Crippen LogP contribution in [-0.4, -0.2) is 10.2 Å². The fourth-order valence-corrected chi connectivity index (χ4v) is 0.312. The van der Waals surface area contributed by atoms with Crippen molar-refractivity contribution in [3.63, 3.8) is 0 Å². The summed E-state index contributed by atoms with van der Waals surface area (Å²) in [5.74, 6) is 0. The van der Waals surface area contributed by atoms with Crippen LogP contribution in [0.4, 0.5) is 0 Å². The molecule has 0 aliphatic heterocycles. The van der Waals surface area contributed by atoms with E-state index in [2.05, 4.69) is 10.2 Å². The lowest BCUT2D eigenvalue weighted by Crippen LogP contribution is -2.02. The fraction of sp³-hybridized carbons (Fsp3) is 0.500. The van der Waals surface area contributed by atoms with Gasteiger partial charge in [-0.3, -0.25) is 4.79 Å². The third-order valence-corrected chi connectivity index (χ3v) is 0.583. The van der Waals surface area contributed by atoms with Gasteiger partial charge < -0.3 is 0 Å². The van der Waals surface area contributed by atoms with Crippen molar-refractivity contribution in [3.05, 3.63) is 28.7 Å². The van der Waals surface area contributed by atoms with Crippen LogP contribution in [0.3, 0.4) is 0 Å². The largest absolute Gasteiger partial charge is 0.268 e. The molecule has 0 spiro atoms. The summed E-state index contributed by atoms with van der Waals surface area (Å²) in [7, 11) is 0. The maximum atomic E-state index is 10.2. The Morgan fingerprint density at radius 2 is 1.82 bits per heavy atom. The Balaban J connectivity index is 0. The average molecular weight is 156 g/mol. The van der Waals surface area contributed by atoms with Crippen molar-refractivity contribution in [1.82, 2.24) is 10.2 Å². The number of H-pyrrole nitrogens is 1. The first-order chi connectivity index (χ1) is 5.39. The molecule has 0 amide bonds. The first-order valence-electron chi connectivity index (χ1n) is 3.89. The molecule has 1 N–H and O–H groups in total. The van der Waals surface area contributed by atoms with Crippen molar-refractivity contribution in [1.29, 1.82) is 0 Å². The van der Waals surface area contributed by atoms with Crippen molar-refractivity contribution in [2.24, 2.45) is 0 Å². The molecule has 1 rings (SSSR count). The minimum atomic E-state index is -0.164. The Kier molecular flexibility index (Phi) is 13.3. The van der Waals surface area contributed by atoms with Crippen LogP contribution in [0.15, 0.2) is 23.1 Å². The molecule has 1 heterocycles. The summed E-state index contributed by atoms with van der Waals surface area (Å²) < 4.78 is 0. The minimum absolute atomic E-state index is 0.164. The summed E-state index contributed by atoms with van der Waals surface area (Å²) in [6.45, 7) is 8.00. The van der Waals surface area contributed by atoms with E-state index in [9.17, 15) is 4.79 Å². The van der Waals surface area contributed by atoms with Gasteiger partial charge in [0.1, 0.15) is 0 Å². The standard InChI is InChI=1S/C4H4N2O.2C2H6/c7-4-2-1-3-5-6-4;2*1-2/h1-3H,(H,6,7);2*1-2H3. The smallest absolute Gasteiger partial charge is 0.264 e. The number of rotatable bonds is 0. The number of hydrogen-bond donors (Lipinski definition) is 1. The van der Waals surface area contributed by atoms with E-state index in [4.69, 9.17) is 0 Å². The first-order valence-corrected chi connectivity index (χ1v) is 3.89. The monoisotopic (exact) mass is 156 g/mol. The zero-order chi connectivity index (χ0) is 9.11. The van der Waals surface area contributed by atoms with Crippen LogP contribution >= 0.6 is 0 Å². The highest BCUT2D eigenvalue weighted by molar-refractivity contribution is 4.81. The van der Waals surface area contributed by atoms with Crippen molar-refractivity contribution >= 4 is 0 Å². The topological polar surface area (TPSA) is 45.8 Å². The Morgan fingerprint density at radius 3 is 2.00 bits per heavy atom. The molecule has 0 radical (unpaired) electrons. The summed E-state index contributed by atoms with van der Waals surface area (Å²) in [6.07, 6.45) is 1.52. The summed E-state index contributed by atoms with van der Waals surface area (Å²) >= 11 is 0. The number of aromatic amines is 1. The van der Waals surface area contributed by atoms with Gasteiger partial charge in [-0.15, -0.1) is 0 Å². The van der Waals surface area contributed by atoms with Crippen molar-refractivity contribution < 1.29 is 0 Å². The van der Waals surface area contributed by atoms with Gasteiger partial charge >= 0.3 is 0 Å². The fourth-order valence-electron chi connectivity index (χ4n) is 0.312. The lowest BCUT2D eigenvalue weighted by molar-refractivity contribution is 0.988. The van der Waals surface area contributed by atoms with Crippen LogP contribution in [0, 0.1) is 0 Å². The predicted molar refractivity (Wildman–Crippen MR) is 47.6 cm³/mol. The van der Waals surface area contributed by atoms with Crippen LogP contribution in [-0.2, 0) is 0 Å². The SMILES string of the molecule is CC.CC.O=c1cccn[nH]1. The number of nitrogens with one attached hydrogen (secondary N) is 1. The van der Waals surface area contributed by atoms with Crippen molar-refractivity contribution in [2.75, 3.05) is 0 Å². The number of nitrogens with zero attached hydrogens (tertiary/aromatic N) is 1. The summed E-state index contributed by atoms with van der Waals surface area (Å²) in [6, 6.07) is 2.99. The number of hydrogen-bond acceptors (Lipinski definition) is 2. The third-order valence-electron chi connectivity index (χ3n) is 0.583. The van der Waals surface area contributed by atoms with Crippen LogP contribution in [0.2, 0.25) is 0 Å². The third kappa shape index (κ3) is 8.88. The quantitative estimate of drug-likeness (QED) is 0.622. The Hall–Kier alpha value is -1.12. The Morgan fingerprint density at radius 1 is 1.27 bits per heavy atom. The molecule has 0 bridgehead atoms. The first kappa shape index (κ1) is 12.5. The second-order valence-corrected chi connectivity index (χ2v) is 1.11. The maximum absolute atomic E-state index is 10.2. The predicted octanol–water partition coefficient (Wildman–Crippen LogP) is 1.82. The van der Waals surface area contributed by atoms with Crippen LogP contribution in [0.25, 0.3) is 0 Å². The molecule has 0 saturated heterocycles. The minimum Gasteiger partial charge on any atom is -0.268 e. The van der Waals surface area contributed by atoms with Gasteiger partial charge in [0.05, 0.1) is 0 Å². The highest BCUT2D eigenvalue weighted by Gasteiger charge is 1.70. The molecular weight excluding hydrogens is 140 g/mol. The van der Waals surface area contributed by atoms with Gasteiger partial charge in [-0.25, -0.2) is 5.10 Å². The molecule has 64 valence electrons. The second-order valence-electron chi connectivity index (χ2n) is 1.11. The lowest BCUT2D eigenvalue weighted by atomic mass is 10.6. The van der Waals surface area contributed by atoms with E-state index in [1.54, 1.807) is 6.07 Å². The van der Waals surface area contributed by atoms with Gasteiger partial charge in [0.2, 0.25) is 0 Å². The molecule has 0 saturated carbocycles. The molecule has 0 aromatic carbocycles. The molecule has 0 unspecified atom stereocenters. The molecule has 0 atom stereocenters. The van der Waals surface area contributed by atoms with E-state index in [0.717, 1.165) is 0 Å². The molecule has 0 aliphatic carbocycles. The summed E-state index contributed by atoms with van der Waals surface area (Å²) in [5, 5.41) is 5.67. The zero-order valence-electron chi connectivity index (χ0n) is 7.59. The highest BCUT2D eigenvalue weighted by atomic mass is 16.1. The van der Waals surface area contributed by atoms with Gasteiger partial charge in [-0.05, 0) is 6.07 Å². The lowest BCUT2D eigenvalue weighted by Gasteiger charge is -1.72. The second kappa shape index (κ2) is 11.6.